The Kier molecular flexibility index (Phi) is 4.05. The van der Waals surface area contributed by atoms with E-state index in [0.29, 0.717) is 6.42 Å². The number of hydrogen-bond acceptors (Lipinski definition) is 1. The molecule has 88 valence electrons. The summed E-state index contributed by atoms with van der Waals surface area (Å²) in [6, 6.07) is 7.49. The van der Waals surface area contributed by atoms with Crippen LogP contribution >= 0.6 is 0 Å². The minimum atomic E-state index is -0.808. The zero-order valence-electron chi connectivity index (χ0n) is 9.66. The summed E-state index contributed by atoms with van der Waals surface area (Å²) in [6.07, 6.45) is 0.509. The van der Waals surface area contributed by atoms with Gasteiger partial charge in [-0.2, -0.15) is 0 Å². The van der Waals surface area contributed by atoms with E-state index in [-0.39, 0.29) is 18.5 Å². The molecule has 1 rings (SSSR count). The van der Waals surface area contributed by atoms with E-state index in [0.717, 1.165) is 11.1 Å². The SMILES string of the molecule is CC(C)(CC(=O)O)c1ccc(CCF)cc1. The first kappa shape index (κ1) is 12.7. The molecule has 0 unspecified atom stereocenters. The molecule has 0 saturated heterocycles. The number of halogens is 1. The van der Waals surface area contributed by atoms with Gasteiger partial charge in [-0.3, -0.25) is 9.18 Å². The molecule has 3 heteroatoms. The van der Waals surface area contributed by atoms with Crippen LogP contribution in [0.1, 0.15) is 31.4 Å². The third-order valence-corrected chi connectivity index (χ3v) is 2.71. The van der Waals surface area contributed by atoms with Crippen molar-refractivity contribution in [2.75, 3.05) is 6.67 Å². The van der Waals surface area contributed by atoms with Crippen LogP contribution in [0.4, 0.5) is 4.39 Å². The Hall–Kier alpha value is -1.38. The van der Waals surface area contributed by atoms with Crippen molar-refractivity contribution < 1.29 is 14.3 Å². The zero-order valence-corrected chi connectivity index (χ0v) is 9.66. The molecule has 0 atom stereocenters. The quantitative estimate of drug-likeness (QED) is 0.834. The van der Waals surface area contributed by atoms with Gasteiger partial charge >= 0.3 is 5.97 Å². The molecule has 0 bridgehead atoms. The Labute approximate surface area is 95.1 Å². The average Bonchev–Trinajstić information content (AvgIpc) is 2.17. The van der Waals surface area contributed by atoms with Crippen LogP contribution < -0.4 is 0 Å². The monoisotopic (exact) mass is 224 g/mol. The van der Waals surface area contributed by atoms with Crippen LogP contribution in [0.5, 0.6) is 0 Å². The minimum Gasteiger partial charge on any atom is -0.481 e. The van der Waals surface area contributed by atoms with Gasteiger partial charge in [0.1, 0.15) is 0 Å². The van der Waals surface area contributed by atoms with E-state index in [1.165, 1.54) is 0 Å². The highest BCUT2D eigenvalue weighted by molar-refractivity contribution is 5.68. The first-order valence-corrected chi connectivity index (χ1v) is 5.33. The molecule has 1 aromatic carbocycles. The first-order chi connectivity index (χ1) is 7.45. The van der Waals surface area contributed by atoms with Gasteiger partial charge in [0, 0.05) is 11.8 Å². The number of carboxylic acids is 1. The van der Waals surface area contributed by atoms with Gasteiger partial charge in [-0.05, 0) is 11.1 Å². The minimum absolute atomic E-state index is 0.0927. The van der Waals surface area contributed by atoms with Gasteiger partial charge in [0.15, 0.2) is 0 Å². The summed E-state index contributed by atoms with van der Waals surface area (Å²) < 4.78 is 12.1. The first-order valence-electron chi connectivity index (χ1n) is 5.33. The highest BCUT2D eigenvalue weighted by Crippen LogP contribution is 2.27. The summed E-state index contributed by atoms with van der Waals surface area (Å²) in [5.74, 6) is -0.808. The average molecular weight is 224 g/mol. The Morgan fingerprint density at radius 3 is 2.31 bits per heavy atom. The Balaban J connectivity index is 2.83. The lowest BCUT2D eigenvalue weighted by atomic mass is 9.81. The van der Waals surface area contributed by atoms with Gasteiger partial charge in [-0.1, -0.05) is 38.1 Å². The van der Waals surface area contributed by atoms with Crippen molar-refractivity contribution in [3.63, 3.8) is 0 Å². The highest BCUT2D eigenvalue weighted by Gasteiger charge is 2.23. The number of carbonyl (C=O) groups is 1. The van der Waals surface area contributed by atoms with Gasteiger partial charge < -0.3 is 5.11 Å². The van der Waals surface area contributed by atoms with Gasteiger partial charge in [-0.15, -0.1) is 0 Å². The summed E-state index contributed by atoms with van der Waals surface area (Å²) in [7, 11) is 0. The van der Waals surface area contributed by atoms with Crippen molar-refractivity contribution in [2.24, 2.45) is 0 Å². The number of aliphatic carboxylic acids is 1. The van der Waals surface area contributed by atoms with E-state index >= 15 is 0 Å². The summed E-state index contributed by atoms with van der Waals surface area (Å²) in [5, 5.41) is 8.80. The maximum absolute atomic E-state index is 12.1. The standard InChI is InChI=1S/C13H17FO2/c1-13(2,9-12(15)16)11-5-3-10(4-6-11)7-8-14/h3-6H,7-9H2,1-2H3,(H,15,16). The van der Waals surface area contributed by atoms with E-state index in [4.69, 9.17) is 5.11 Å². The van der Waals surface area contributed by atoms with Crippen molar-refractivity contribution >= 4 is 5.97 Å². The molecule has 0 aliphatic heterocycles. The molecule has 1 N–H and O–H groups in total. The van der Waals surface area contributed by atoms with Crippen molar-refractivity contribution in [3.05, 3.63) is 35.4 Å². The number of hydrogen-bond donors (Lipinski definition) is 1. The smallest absolute Gasteiger partial charge is 0.304 e. The molecule has 1 aromatic rings. The molecule has 0 radical (unpaired) electrons. The molecule has 0 aromatic heterocycles. The maximum atomic E-state index is 12.1. The van der Waals surface area contributed by atoms with Crippen LogP contribution in [0.25, 0.3) is 0 Å². The normalized spacial score (nSPS) is 11.4. The number of benzene rings is 1. The number of carboxylic acid groups (broad SMARTS) is 1. The molecule has 0 amide bonds. The van der Waals surface area contributed by atoms with Gasteiger partial charge in [0.2, 0.25) is 0 Å². The molecule has 0 saturated carbocycles. The molecule has 0 aliphatic rings. The summed E-state index contributed by atoms with van der Waals surface area (Å²) in [5.41, 5.74) is 1.52. The zero-order chi connectivity index (χ0) is 12.2. The van der Waals surface area contributed by atoms with Crippen LogP contribution in [0.3, 0.4) is 0 Å². The number of aryl methyl sites for hydroxylation is 1. The predicted octanol–water partition coefficient (Wildman–Crippen LogP) is 2.95. The van der Waals surface area contributed by atoms with Crippen LogP contribution in [0.2, 0.25) is 0 Å². The molecule has 0 spiro atoms. The second-order valence-electron chi connectivity index (χ2n) is 4.59. The summed E-state index contributed by atoms with van der Waals surface area (Å²) >= 11 is 0. The van der Waals surface area contributed by atoms with Gasteiger partial charge in [0.05, 0.1) is 13.1 Å². The Morgan fingerprint density at radius 2 is 1.88 bits per heavy atom. The van der Waals surface area contributed by atoms with Gasteiger partial charge in [0.25, 0.3) is 0 Å². The van der Waals surface area contributed by atoms with Crippen molar-refractivity contribution in [3.8, 4) is 0 Å². The van der Waals surface area contributed by atoms with Crippen LogP contribution in [0.15, 0.2) is 24.3 Å². The molecule has 16 heavy (non-hydrogen) atoms. The highest BCUT2D eigenvalue weighted by atomic mass is 19.1. The van der Waals surface area contributed by atoms with Crippen LogP contribution in [0, 0.1) is 0 Å². The largest absolute Gasteiger partial charge is 0.481 e. The number of rotatable bonds is 5. The van der Waals surface area contributed by atoms with Crippen molar-refractivity contribution in [1.82, 2.24) is 0 Å². The van der Waals surface area contributed by atoms with Crippen molar-refractivity contribution in [2.45, 2.75) is 32.1 Å². The molecule has 2 nitrogen and oxygen atoms in total. The van der Waals surface area contributed by atoms with Crippen molar-refractivity contribution in [1.29, 1.82) is 0 Å². The topological polar surface area (TPSA) is 37.3 Å². The third-order valence-electron chi connectivity index (χ3n) is 2.71. The maximum Gasteiger partial charge on any atom is 0.304 e. The Morgan fingerprint density at radius 1 is 1.31 bits per heavy atom. The fraction of sp³-hybridized carbons (Fsp3) is 0.462. The number of alkyl halides is 1. The second kappa shape index (κ2) is 5.10. The van der Waals surface area contributed by atoms with Gasteiger partial charge in [-0.25, -0.2) is 0 Å². The summed E-state index contributed by atoms with van der Waals surface area (Å²) in [4.78, 5) is 10.7. The van der Waals surface area contributed by atoms with E-state index in [1.807, 2.05) is 38.1 Å². The molecular weight excluding hydrogens is 207 g/mol. The van der Waals surface area contributed by atoms with E-state index < -0.39 is 5.97 Å². The third kappa shape index (κ3) is 3.33. The molecular formula is C13H17FO2. The predicted molar refractivity (Wildman–Crippen MR) is 61.4 cm³/mol. The summed E-state index contributed by atoms with van der Waals surface area (Å²) in [6.45, 7) is 3.43. The van der Waals surface area contributed by atoms with E-state index in [2.05, 4.69) is 0 Å². The fourth-order valence-electron chi connectivity index (χ4n) is 1.71. The lowest BCUT2D eigenvalue weighted by molar-refractivity contribution is -0.138. The molecule has 0 aliphatic carbocycles. The van der Waals surface area contributed by atoms with E-state index in [9.17, 15) is 9.18 Å². The Bertz CT molecular complexity index is 355. The van der Waals surface area contributed by atoms with Crippen LogP contribution in [-0.4, -0.2) is 17.8 Å². The second-order valence-corrected chi connectivity index (χ2v) is 4.59. The van der Waals surface area contributed by atoms with E-state index in [1.54, 1.807) is 0 Å². The molecule has 0 fully saturated rings. The van der Waals surface area contributed by atoms with Crippen LogP contribution in [-0.2, 0) is 16.6 Å². The lowest BCUT2D eigenvalue weighted by Gasteiger charge is -2.23. The lowest BCUT2D eigenvalue weighted by Crippen LogP contribution is -2.21. The fourth-order valence-corrected chi connectivity index (χ4v) is 1.71. The molecule has 0 heterocycles.